The molecule has 1 amide bonds. The summed E-state index contributed by atoms with van der Waals surface area (Å²) in [4.78, 5) is 25.1. The van der Waals surface area contributed by atoms with Crippen LogP contribution in [-0.2, 0) is 18.4 Å². The monoisotopic (exact) mass is 443 g/mol. The van der Waals surface area contributed by atoms with Crippen LogP contribution in [0.2, 0.25) is 0 Å². The first kappa shape index (κ1) is 20.5. The molecule has 0 spiro atoms. The van der Waals surface area contributed by atoms with E-state index < -0.39 is 0 Å². The van der Waals surface area contributed by atoms with E-state index in [0.717, 1.165) is 72.0 Å². The Hall–Kier alpha value is -3.13. The van der Waals surface area contributed by atoms with E-state index in [4.69, 9.17) is 15.7 Å². The Labute approximate surface area is 193 Å². The lowest BCUT2D eigenvalue weighted by molar-refractivity contribution is 0.0996. The highest BCUT2D eigenvalue weighted by Gasteiger charge is 2.43. The van der Waals surface area contributed by atoms with Gasteiger partial charge in [0.05, 0.1) is 12.2 Å². The lowest BCUT2D eigenvalue weighted by Gasteiger charge is -2.17. The van der Waals surface area contributed by atoms with Gasteiger partial charge in [0.2, 0.25) is 0 Å². The molecule has 2 atom stereocenters. The molecule has 8 nitrogen and oxygen atoms in total. The van der Waals surface area contributed by atoms with Crippen LogP contribution in [0.25, 0.3) is 11.5 Å². The maximum Gasteiger partial charge on any atom is 0.260 e. The molecule has 1 fully saturated rings. The van der Waals surface area contributed by atoms with Crippen LogP contribution in [0.3, 0.4) is 0 Å². The van der Waals surface area contributed by atoms with Crippen LogP contribution in [0.5, 0.6) is 0 Å². The molecule has 0 aromatic carbocycles. The molecule has 33 heavy (non-hydrogen) atoms. The van der Waals surface area contributed by atoms with E-state index in [2.05, 4.69) is 35.5 Å². The van der Waals surface area contributed by atoms with Crippen molar-refractivity contribution in [1.29, 1.82) is 0 Å². The van der Waals surface area contributed by atoms with Crippen molar-refractivity contribution in [3.63, 3.8) is 0 Å². The third-order valence-electron chi connectivity index (χ3n) is 7.59. The van der Waals surface area contributed by atoms with Crippen LogP contribution in [0, 0.1) is 0 Å². The number of aromatic nitrogens is 5. The number of nitrogens with zero attached hydrogens (tertiary/aromatic N) is 6. The minimum atomic E-state index is -0.187. The van der Waals surface area contributed by atoms with E-state index in [-0.39, 0.29) is 17.4 Å². The minimum Gasteiger partial charge on any atom is -0.323 e. The van der Waals surface area contributed by atoms with E-state index in [1.807, 2.05) is 24.3 Å². The zero-order chi connectivity index (χ0) is 22.9. The first-order valence-electron chi connectivity index (χ1n) is 11.9. The normalized spacial score (nSPS) is 21.3. The molecule has 5 heterocycles. The quantitative estimate of drug-likeness (QED) is 0.642. The molecule has 3 aromatic rings. The van der Waals surface area contributed by atoms with Crippen molar-refractivity contribution < 1.29 is 4.79 Å². The Morgan fingerprint density at radius 2 is 2.06 bits per heavy atom. The van der Waals surface area contributed by atoms with E-state index >= 15 is 0 Å². The largest absolute Gasteiger partial charge is 0.323 e. The summed E-state index contributed by atoms with van der Waals surface area (Å²) in [6.07, 6.45) is 4.97. The smallest absolute Gasteiger partial charge is 0.260 e. The summed E-state index contributed by atoms with van der Waals surface area (Å²) in [5.74, 6) is 2.35. The minimum absolute atomic E-state index is 0.0352. The van der Waals surface area contributed by atoms with Gasteiger partial charge in [0.15, 0.2) is 5.82 Å². The fourth-order valence-electron chi connectivity index (χ4n) is 5.06. The zero-order valence-corrected chi connectivity index (χ0v) is 19.4. The predicted molar refractivity (Wildman–Crippen MR) is 125 cm³/mol. The van der Waals surface area contributed by atoms with Gasteiger partial charge in [0.25, 0.3) is 5.91 Å². The lowest BCUT2D eigenvalue weighted by atomic mass is 9.96. The number of hydrogen-bond acceptors (Lipinski definition) is 6. The number of hydrogen-bond donors (Lipinski definition) is 1. The van der Waals surface area contributed by atoms with Gasteiger partial charge in [-0.15, -0.1) is 10.2 Å². The Bertz CT molecular complexity index is 1280. The first-order valence-corrected chi connectivity index (χ1v) is 11.9. The Kier molecular flexibility index (Phi) is 4.46. The van der Waals surface area contributed by atoms with E-state index in [1.54, 1.807) is 4.90 Å². The number of fused-ring (bicyclic) bond motifs is 2. The summed E-state index contributed by atoms with van der Waals surface area (Å²) < 4.78 is 2.16. The fourth-order valence-corrected chi connectivity index (χ4v) is 5.06. The lowest BCUT2D eigenvalue weighted by Crippen LogP contribution is -2.24. The molecule has 0 bridgehead atoms. The third kappa shape index (κ3) is 3.11. The first-order chi connectivity index (χ1) is 15.9. The van der Waals surface area contributed by atoms with Gasteiger partial charge >= 0.3 is 0 Å². The van der Waals surface area contributed by atoms with Gasteiger partial charge in [-0.3, -0.25) is 14.7 Å². The highest BCUT2D eigenvalue weighted by atomic mass is 16.2. The van der Waals surface area contributed by atoms with Gasteiger partial charge in [0.1, 0.15) is 17.3 Å². The van der Waals surface area contributed by atoms with Crippen molar-refractivity contribution in [2.75, 3.05) is 4.90 Å². The van der Waals surface area contributed by atoms with Gasteiger partial charge in [-0.2, -0.15) is 0 Å². The van der Waals surface area contributed by atoms with Gasteiger partial charge < -0.3 is 10.3 Å². The summed E-state index contributed by atoms with van der Waals surface area (Å²) in [5, 5.41) is 8.75. The number of amides is 1. The summed E-state index contributed by atoms with van der Waals surface area (Å²) >= 11 is 0. The number of aryl methyl sites for hydroxylation is 1. The molecule has 0 saturated heterocycles. The molecular formula is C25H29N7O. The molecule has 6 rings (SSSR count). The third-order valence-corrected chi connectivity index (χ3v) is 7.59. The molecule has 8 heteroatoms. The van der Waals surface area contributed by atoms with Crippen LogP contribution in [0.15, 0.2) is 24.3 Å². The standard InChI is InChI=1S/C25H29N7O/c1-4-17(26)22-16-13-31(24(33)15(16)12-19(28-22)25(3)10-11-25)20-7-5-6-18(27-20)23-30-29-21-9-8-14(2)32(21)23/h5-7,12,14,17H,4,8-11,13,26H2,1-3H3/t14-,17?/m0/s1. The second-order valence-electron chi connectivity index (χ2n) is 9.96. The van der Waals surface area contributed by atoms with Crippen molar-refractivity contribution in [2.45, 2.75) is 76.9 Å². The van der Waals surface area contributed by atoms with Crippen molar-refractivity contribution in [1.82, 2.24) is 24.7 Å². The van der Waals surface area contributed by atoms with Crippen LogP contribution in [-0.4, -0.2) is 30.6 Å². The molecule has 0 radical (unpaired) electrons. The highest BCUT2D eigenvalue weighted by molar-refractivity contribution is 6.10. The Balaban J connectivity index is 1.39. The molecule has 1 aliphatic carbocycles. The second kappa shape index (κ2) is 7.18. The van der Waals surface area contributed by atoms with Gasteiger partial charge in [-0.25, -0.2) is 4.98 Å². The highest BCUT2D eigenvalue weighted by Crippen LogP contribution is 2.48. The van der Waals surface area contributed by atoms with Gasteiger partial charge in [-0.1, -0.05) is 19.9 Å². The summed E-state index contributed by atoms with van der Waals surface area (Å²) in [6, 6.07) is 7.91. The summed E-state index contributed by atoms with van der Waals surface area (Å²) in [7, 11) is 0. The van der Waals surface area contributed by atoms with Crippen LogP contribution >= 0.6 is 0 Å². The molecule has 3 aliphatic rings. The molecule has 1 saturated carbocycles. The molecule has 3 aromatic heterocycles. The summed E-state index contributed by atoms with van der Waals surface area (Å²) in [6.45, 7) is 6.88. The average Bonchev–Trinajstić information content (AvgIpc) is 3.15. The van der Waals surface area contributed by atoms with Crippen molar-refractivity contribution >= 4 is 11.7 Å². The van der Waals surface area contributed by atoms with E-state index in [9.17, 15) is 4.79 Å². The number of pyridine rings is 2. The van der Waals surface area contributed by atoms with Gasteiger partial charge in [-0.05, 0) is 50.8 Å². The number of nitrogens with two attached hydrogens (primary N) is 1. The molecule has 170 valence electrons. The van der Waals surface area contributed by atoms with Gasteiger partial charge in [0, 0.05) is 40.7 Å². The van der Waals surface area contributed by atoms with Crippen LogP contribution < -0.4 is 10.6 Å². The topological polar surface area (TPSA) is 103 Å². The summed E-state index contributed by atoms with van der Waals surface area (Å²) in [5.41, 5.74) is 10.8. The number of anilines is 1. The molecular weight excluding hydrogens is 414 g/mol. The van der Waals surface area contributed by atoms with Crippen molar-refractivity contribution in [3.8, 4) is 11.5 Å². The fraction of sp³-hybridized carbons (Fsp3) is 0.480. The maximum absolute atomic E-state index is 13.6. The van der Waals surface area contributed by atoms with Crippen molar-refractivity contribution in [2.24, 2.45) is 5.73 Å². The Morgan fingerprint density at radius 1 is 1.24 bits per heavy atom. The predicted octanol–water partition coefficient (Wildman–Crippen LogP) is 3.86. The van der Waals surface area contributed by atoms with E-state index in [0.29, 0.717) is 18.4 Å². The number of carbonyl (C=O) groups excluding carboxylic acids is 1. The van der Waals surface area contributed by atoms with Crippen molar-refractivity contribution in [3.05, 3.63) is 52.6 Å². The van der Waals surface area contributed by atoms with E-state index in [1.165, 1.54) is 0 Å². The maximum atomic E-state index is 13.6. The Morgan fingerprint density at radius 3 is 2.82 bits per heavy atom. The zero-order valence-electron chi connectivity index (χ0n) is 19.4. The average molecular weight is 444 g/mol. The number of carbonyl (C=O) groups is 1. The number of rotatable bonds is 5. The second-order valence-corrected chi connectivity index (χ2v) is 9.96. The van der Waals surface area contributed by atoms with Crippen LogP contribution in [0.1, 0.15) is 91.7 Å². The van der Waals surface area contributed by atoms with Crippen LogP contribution in [0.4, 0.5) is 5.82 Å². The molecule has 1 unspecified atom stereocenters. The SMILES string of the molecule is CCC(N)c1nc(C2(C)CC2)cc2c1CN(c1cccc(-c3nnc4n3[C@@H](C)CC4)n1)C2=O. The molecule has 2 aliphatic heterocycles. The molecule has 2 N–H and O–H groups in total.